The van der Waals surface area contributed by atoms with Gasteiger partial charge in [0.05, 0.1) is 0 Å². The molecule has 0 atom stereocenters. The highest BCUT2D eigenvalue weighted by Gasteiger charge is 2.01. The van der Waals surface area contributed by atoms with E-state index < -0.39 is 0 Å². The van der Waals surface area contributed by atoms with Gasteiger partial charge in [-0.05, 0) is 17.9 Å². The van der Waals surface area contributed by atoms with Gasteiger partial charge in [0.2, 0.25) is 0 Å². The molecular formula is C13H21NO. The van der Waals surface area contributed by atoms with E-state index in [0.717, 1.165) is 13.0 Å². The van der Waals surface area contributed by atoms with Gasteiger partial charge < -0.3 is 4.57 Å². The SMILES string of the molecule is CCCCCn1cc(C(C)C)ccc1=O. The van der Waals surface area contributed by atoms with Gasteiger partial charge in [-0.25, -0.2) is 0 Å². The maximum Gasteiger partial charge on any atom is 0.250 e. The Morgan fingerprint density at radius 2 is 2.00 bits per heavy atom. The summed E-state index contributed by atoms with van der Waals surface area (Å²) in [5.74, 6) is 0.489. The van der Waals surface area contributed by atoms with Gasteiger partial charge in [-0.3, -0.25) is 4.79 Å². The van der Waals surface area contributed by atoms with Gasteiger partial charge in [0, 0.05) is 18.8 Å². The number of aryl methyl sites for hydroxylation is 1. The monoisotopic (exact) mass is 207 g/mol. The molecule has 0 radical (unpaired) electrons. The van der Waals surface area contributed by atoms with Crippen molar-refractivity contribution in [1.82, 2.24) is 4.57 Å². The van der Waals surface area contributed by atoms with Crippen molar-refractivity contribution in [2.75, 3.05) is 0 Å². The smallest absolute Gasteiger partial charge is 0.250 e. The predicted octanol–water partition coefficient (Wildman–Crippen LogP) is 3.16. The largest absolute Gasteiger partial charge is 0.315 e. The van der Waals surface area contributed by atoms with Crippen LogP contribution in [-0.4, -0.2) is 4.57 Å². The van der Waals surface area contributed by atoms with Crippen LogP contribution in [0, 0.1) is 0 Å². The molecule has 0 aromatic carbocycles. The molecule has 0 aliphatic heterocycles. The van der Waals surface area contributed by atoms with Gasteiger partial charge in [0.15, 0.2) is 0 Å². The van der Waals surface area contributed by atoms with E-state index in [1.165, 1.54) is 18.4 Å². The van der Waals surface area contributed by atoms with Gasteiger partial charge in [0.1, 0.15) is 0 Å². The molecule has 1 rings (SSSR count). The zero-order valence-corrected chi connectivity index (χ0v) is 9.99. The number of hydrogen-bond donors (Lipinski definition) is 0. The van der Waals surface area contributed by atoms with Gasteiger partial charge in [0.25, 0.3) is 5.56 Å². The second-order valence-corrected chi connectivity index (χ2v) is 4.36. The van der Waals surface area contributed by atoms with Crippen LogP contribution in [0.2, 0.25) is 0 Å². The Morgan fingerprint density at radius 1 is 1.27 bits per heavy atom. The van der Waals surface area contributed by atoms with Crippen LogP contribution in [0.25, 0.3) is 0 Å². The quantitative estimate of drug-likeness (QED) is 0.680. The molecule has 0 aliphatic rings. The number of unbranched alkanes of at least 4 members (excludes halogenated alkanes) is 2. The van der Waals surface area contributed by atoms with Crippen LogP contribution in [0.3, 0.4) is 0 Å². The molecule has 2 heteroatoms. The van der Waals surface area contributed by atoms with Gasteiger partial charge in [-0.2, -0.15) is 0 Å². The van der Waals surface area contributed by atoms with Crippen LogP contribution in [0.5, 0.6) is 0 Å². The van der Waals surface area contributed by atoms with Crippen LogP contribution < -0.4 is 5.56 Å². The topological polar surface area (TPSA) is 22.0 Å². The molecule has 1 heterocycles. The zero-order valence-electron chi connectivity index (χ0n) is 9.99. The third-order valence-electron chi connectivity index (χ3n) is 2.68. The first-order valence-corrected chi connectivity index (χ1v) is 5.85. The molecule has 0 saturated heterocycles. The number of pyridine rings is 1. The summed E-state index contributed by atoms with van der Waals surface area (Å²) in [7, 11) is 0. The van der Waals surface area contributed by atoms with E-state index in [1.54, 1.807) is 6.07 Å². The first kappa shape index (κ1) is 12.0. The Balaban J connectivity index is 2.77. The average molecular weight is 207 g/mol. The van der Waals surface area contributed by atoms with Gasteiger partial charge in [-0.1, -0.05) is 39.7 Å². The summed E-state index contributed by atoms with van der Waals surface area (Å²) >= 11 is 0. The minimum absolute atomic E-state index is 0.121. The molecule has 2 nitrogen and oxygen atoms in total. The van der Waals surface area contributed by atoms with Crippen LogP contribution in [-0.2, 0) is 6.54 Å². The molecule has 1 aromatic heterocycles. The van der Waals surface area contributed by atoms with Crippen molar-refractivity contribution < 1.29 is 0 Å². The first-order valence-electron chi connectivity index (χ1n) is 5.85. The fraction of sp³-hybridized carbons (Fsp3) is 0.615. The molecule has 0 amide bonds. The number of aromatic nitrogens is 1. The normalized spacial score (nSPS) is 10.9. The highest BCUT2D eigenvalue weighted by atomic mass is 16.1. The van der Waals surface area contributed by atoms with E-state index in [-0.39, 0.29) is 5.56 Å². The lowest BCUT2D eigenvalue weighted by molar-refractivity contribution is 0.582. The Hall–Kier alpha value is -1.05. The van der Waals surface area contributed by atoms with E-state index in [9.17, 15) is 4.79 Å². The van der Waals surface area contributed by atoms with Crippen molar-refractivity contribution in [2.45, 2.75) is 52.5 Å². The van der Waals surface area contributed by atoms with Gasteiger partial charge >= 0.3 is 0 Å². The van der Waals surface area contributed by atoms with Crippen molar-refractivity contribution >= 4 is 0 Å². The fourth-order valence-corrected chi connectivity index (χ4v) is 1.60. The highest BCUT2D eigenvalue weighted by Crippen LogP contribution is 2.11. The summed E-state index contributed by atoms with van der Waals surface area (Å²) in [5.41, 5.74) is 1.36. The van der Waals surface area contributed by atoms with E-state index in [0.29, 0.717) is 5.92 Å². The molecule has 0 spiro atoms. The molecule has 15 heavy (non-hydrogen) atoms. The van der Waals surface area contributed by atoms with E-state index in [2.05, 4.69) is 20.8 Å². The van der Waals surface area contributed by atoms with Crippen LogP contribution in [0.15, 0.2) is 23.1 Å². The molecule has 0 N–H and O–H groups in total. The summed E-state index contributed by atoms with van der Waals surface area (Å²) in [6, 6.07) is 3.62. The van der Waals surface area contributed by atoms with Crippen molar-refractivity contribution in [3.8, 4) is 0 Å². The predicted molar refractivity (Wildman–Crippen MR) is 64.3 cm³/mol. The Bertz CT molecular complexity index is 352. The molecular weight excluding hydrogens is 186 g/mol. The lowest BCUT2D eigenvalue weighted by atomic mass is 10.1. The summed E-state index contributed by atoms with van der Waals surface area (Å²) in [6.07, 6.45) is 5.48. The van der Waals surface area contributed by atoms with Crippen molar-refractivity contribution in [2.24, 2.45) is 0 Å². The number of hydrogen-bond acceptors (Lipinski definition) is 1. The fourth-order valence-electron chi connectivity index (χ4n) is 1.60. The maximum atomic E-state index is 11.6. The first-order chi connectivity index (χ1) is 7.15. The van der Waals surface area contributed by atoms with Crippen molar-refractivity contribution in [1.29, 1.82) is 0 Å². The van der Waals surface area contributed by atoms with E-state index >= 15 is 0 Å². The van der Waals surface area contributed by atoms with Gasteiger partial charge in [-0.15, -0.1) is 0 Å². The summed E-state index contributed by atoms with van der Waals surface area (Å²) < 4.78 is 1.84. The second kappa shape index (κ2) is 5.74. The van der Waals surface area contributed by atoms with E-state index in [4.69, 9.17) is 0 Å². The lowest BCUT2D eigenvalue weighted by Gasteiger charge is -2.09. The molecule has 1 aromatic rings. The minimum atomic E-state index is 0.121. The molecule has 0 saturated carbocycles. The molecule has 0 unspecified atom stereocenters. The molecule has 84 valence electrons. The third-order valence-corrected chi connectivity index (χ3v) is 2.68. The Morgan fingerprint density at radius 3 is 2.60 bits per heavy atom. The lowest BCUT2D eigenvalue weighted by Crippen LogP contribution is -2.19. The Kier molecular flexibility index (Phi) is 4.60. The van der Waals surface area contributed by atoms with Crippen molar-refractivity contribution in [3.05, 3.63) is 34.2 Å². The Labute approximate surface area is 91.9 Å². The number of nitrogens with zero attached hydrogens (tertiary/aromatic N) is 1. The summed E-state index contributed by atoms with van der Waals surface area (Å²) in [6.45, 7) is 7.33. The van der Waals surface area contributed by atoms with E-state index in [1.807, 2.05) is 16.8 Å². The van der Waals surface area contributed by atoms with Crippen LogP contribution in [0.1, 0.15) is 51.5 Å². The molecule has 0 aliphatic carbocycles. The molecule has 0 bridgehead atoms. The average Bonchev–Trinajstić information content (AvgIpc) is 2.20. The molecule has 0 fully saturated rings. The van der Waals surface area contributed by atoms with Crippen LogP contribution in [0.4, 0.5) is 0 Å². The zero-order chi connectivity index (χ0) is 11.3. The maximum absolute atomic E-state index is 11.6. The third kappa shape index (κ3) is 3.54. The number of rotatable bonds is 5. The van der Waals surface area contributed by atoms with Crippen LogP contribution >= 0.6 is 0 Å². The summed E-state index contributed by atoms with van der Waals surface area (Å²) in [5, 5.41) is 0. The highest BCUT2D eigenvalue weighted by molar-refractivity contribution is 5.13. The minimum Gasteiger partial charge on any atom is -0.315 e. The summed E-state index contributed by atoms with van der Waals surface area (Å²) in [4.78, 5) is 11.6. The van der Waals surface area contributed by atoms with Crippen molar-refractivity contribution in [3.63, 3.8) is 0 Å². The second-order valence-electron chi connectivity index (χ2n) is 4.36. The standard InChI is InChI=1S/C13H21NO/c1-4-5-6-9-14-10-12(11(2)3)7-8-13(14)15/h7-8,10-11H,4-6,9H2,1-3H3.